The molecule has 1 heterocycles. The van der Waals surface area contributed by atoms with E-state index in [0.717, 1.165) is 37.5 Å². The van der Waals surface area contributed by atoms with Crippen molar-refractivity contribution in [3.8, 4) is 0 Å². The van der Waals surface area contributed by atoms with E-state index in [1.54, 1.807) is 12.1 Å². The number of rotatable bonds is 4. The Bertz CT molecular complexity index is 650. The molecule has 26 heavy (non-hydrogen) atoms. The van der Waals surface area contributed by atoms with Gasteiger partial charge in [-0.1, -0.05) is 30.5 Å². The summed E-state index contributed by atoms with van der Waals surface area (Å²) in [5.41, 5.74) is 1.44. The van der Waals surface area contributed by atoms with Gasteiger partial charge in [0.15, 0.2) is 0 Å². The predicted molar refractivity (Wildman–Crippen MR) is 104 cm³/mol. The second-order valence-corrected chi connectivity index (χ2v) is 7.98. The van der Waals surface area contributed by atoms with Gasteiger partial charge in [-0.3, -0.25) is 9.59 Å². The number of likely N-dealkylation sites (tertiary alicyclic amines) is 1. The van der Waals surface area contributed by atoms with Crippen LogP contribution in [0.1, 0.15) is 44.1 Å². The average molecular weight is 378 g/mol. The van der Waals surface area contributed by atoms with Crippen LogP contribution in [0, 0.1) is 12.8 Å². The third-order valence-electron chi connectivity index (χ3n) is 5.70. The molecule has 142 valence electrons. The Kier molecular flexibility index (Phi) is 6.54. The van der Waals surface area contributed by atoms with Crippen molar-refractivity contribution in [2.45, 2.75) is 51.5 Å². The molecule has 1 saturated heterocycles. The van der Waals surface area contributed by atoms with Crippen molar-refractivity contribution in [1.82, 2.24) is 10.2 Å². The van der Waals surface area contributed by atoms with E-state index < -0.39 is 11.8 Å². The molecule has 6 heteroatoms. The topological polar surface area (TPSA) is 61.4 Å². The van der Waals surface area contributed by atoms with E-state index >= 15 is 0 Å². The van der Waals surface area contributed by atoms with E-state index in [1.807, 2.05) is 13.0 Å². The lowest BCUT2D eigenvalue weighted by atomic mass is 9.95. The maximum absolute atomic E-state index is 12.1. The van der Waals surface area contributed by atoms with Gasteiger partial charge in [0.1, 0.15) is 0 Å². The van der Waals surface area contributed by atoms with E-state index in [9.17, 15) is 9.59 Å². The summed E-state index contributed by atoms with van der Waals surface area (Å²) in [6, 6.07) is 6.00. The summed E-state index contributed by atoms with van der Waals surface area (Å²) in [5.74, 6) is -0.765. The molecule has 2 fully saturated rings. The zero-order valence-electron chi connectivity index (χ0n) is 15.4. The van der Waals surface area contributed by atoms with Crippen LogP contribution in [0.4, 0.5) is 5.69 Å². The van der Waals surface area contributed by atoms with Crippen molar-refractivity contribution in [1.29, 1.82) is 0 Å². The number of nitrogens with zero attached hydrogens (tertiary/aromatic N) is 1. The molecule has 0 spiro atoms. The van der Waals surface area contributed by atoms with Gasteiger partial charge in [-0.25, -0.2) is 0 Å². The number of piperidine rings is 1. The van der Waals surface area contributed by atoms with Crippen molar-refractivity contribution in [3.05, 3.63) is 28.8 Å². The number of halogens is 1. The molecule has 3 rings (SSSR count). The highest BCUT2D eigenvalue weighted by Gasteiger charge is 2.27. The third-order valence-corrected chi connectivity index (χ3v) is 5.93. The number of carbonyl (C=O) groups is 2. The third kappa shape index (κ3) is 4.98. The smallest absolute Gasteiger partial charge is 0.313 e. The molecule has 0 bridgehead atoms. The van der Waals surface area contributed by atoms with Crippen molar-refractivity contribution in [3.63, 3.8) is 0 Å². The number of carbonyl (C=O) groups excluding carboxylic acids is 2. The van der Waals surface area contributed by atoms with Gasteiger partial charge in [0.25, 0.3) is 0 Å². The molecule has 0 atom stereocenters. The number of hydrogen-bond acceptors (Lipinski definition) is 3. The molecular weight excluding hydrogens is 350 g/mol. The highest BCUT2D eigenvalue weighted by molar-refractivity contribution is 6.40. The highest BCUT2D eigenvalue weighted by Crippen LogP contribution is 2.27. The van der Waals surface area contributed by atoms with E-state index in [1.165, 1.54) is 25.7 Å². The summed E-state index contributed by atoms with van der Waals surface area (Å²) in [6.45, 7) is 4.65. The first-order valence-corrected chi connectivity index (χ1v) is 10.00. The molecular formula is C20H28ClN3O2. The van der Waals surface area contributed by atoms with E-state index in [4.69, 9.17) is 11.6 Å². The largest absolute Gasteiger partial charge is 0.348 e. The van der Waals surface area contributed by atoms with Crippen LogP contribution in [0.3, 0.4) is 0 Å². The van der Waals surface area contributed by atoms with Gasteiger partial charge in [0.05, 0.1) is 0 Å². The van der Waals surface area contributed by atoms with Crippen LogP contribution in [-0.4, -0.2) is 42.4 Å². The molecule has 1 aliphatic heterocycles. The van der Waals surface area contributed by atoms with E-state index in [0.29, 0.717) is 23.2 Å². The number of benzene rings is 1. The Morgan fingerprint density at radius 1 is 1.12 bits per heavy atom. The van der Waals surface area contributed by atoms with Crippen LogP contribution in [-0.2, 0) is 9.59 Å². The van der Waals surface area contributed by atoms with Gasteiger partial charge in [-0.05, 0) is 69.3 Å². The van der Waals surface area contributed by atoms with Gasteiger partial charge in [-0.15, -0.1) is 0 Å². The first-order valence-electron chi connectivity index (χ1n) is 9.62. The molecule has 5 nitrogen and oxygen atoms in total. The number of nitrogens with one attached hydrogen (secondary N) is 2. The zero-order chi connectivity index (χ0) is 18.5. The zero-order valence-corrected chi connectivity index (χ0v) is 16.1. The summed E-state index contributed by atoms with van der Waals surface area (Å²) in [7, 11) is 0. The maximum Gasteiger partial charge on any atom is 0.313 e. The van der Waals surface area contributed by atoms with Crippen LogP contribution in [0.2, 0.25) is 5.02 Å². The maximum atomic E-state index is 12.1. The quantitative estimate of drug-likeness (QED) is 0.791. The Labute approximate surface area is 160 Å². The second-order valence-electron chi connectivity index (χ2n) is 7.54. The fourth-order valence-corrected chi connectivity index (χ4v) is 4.19. The lowest BCUT2D eigenvalue weighted by molar-refractivity contribution is -0.136. The van der Waals surface area contributed by atoms with Gasteiger partial charge >= 0.3 is 11.8 Å². The lowest BCUT2D eigenvalue weighted by Crippen LogP contribution is -2.44. The number of hydrogen-bond donors (Lipinski definition) is 2. The second kappa shape index (κ2) is 8.87. The van der Waals surface area contributed by atoms with Crippen molar-refractivity contribution >= 4 is 29.1 Å². The van der Waals surface area contributed by atoms with E-state index in [2.05, 4.69) is 15.5 Å². The average Bonchev–Trinajstić information content (AvgIpc) is 3.18. The minimum absolute atomic E-state index is 0.456. The normalized spacial score (nSPS) is 19.5. The molecule has 1 aromatic carbocycles. The Hall–Kier alpha value is -1.59. The molecule has 1 saturated carbocycles. The number of amides is 2. The van der Waals surface area contributed by atoms with Crippen LogP contribution in [0.25, 0.3) is 0 Å². The fraction of sp³-hybridized carbons (Fsp3) is 0.600. The van der Waals surface area contributed by atoms with E-state index in [-0.39, 0.29) is 0 Å². The first kappa shape index (κ1) is 19.2. The summed E-state index contributed by atoms with van der Waals surface area (Å²) >= 11 is 5.95. The molecule has 2 N–H and O–H groups in total. The van der Waals surface area contributed by atoms with Crippen LogP contribution in [0.5, 0.6) is 0 Å². The highest BCUT2D eigenvalue weighted by atomic mass is 35.5. The molecule has 0 aromatic heterocycles. The SMILES string of the molecule is Cc1ccc(Cl)cc1NC(=O)C(=O)NCC1CCN(C2CCCC2)CC1. The first-order chi connectivity index (χ1) is 12.5. The predicted octanol–water partition coefficient (Wildman–Crippen LogP) is 3.36. The lowest BCUT2D eigenvalue weighted by Gasteiger charge is -2.36. The van der Waals surface area contributed by atoms with Gasteiger partial charge in [0, 0.05) is 23.3 Å². The minimum Gasteiger partial charge on any atom is -0.348 e. The van der Waals surface area contributed by atoms with Crippen molar-refractivity contribution in [2.75, 3.05) is 25.0 Å². The fourth-order valence-electron chi connectivity index (χ4n) is 4.02. The molecule has 0 radical (unpaired) electrons. The number of aryl methyl sites for hydroxylation is 1. The Balaban J connectivity index is 1.41. The van der Waals surface area contributed by atoms with Crippen LogP contribution < -0.4 is 10.6 Å². The molecule has 0 unspecified atom stereocenters. The van der Waals surface area contributed by atoms with Gasteiger partial charge < -0.3 is 15.5 Å². The summed E-state index contributed by atoms with van der Waals surface area (Å²) < 4.78 is 0. The Morgan fingerprint density at radius 3 is 2.50 bits per heavy atom. The van der Waals surface area contributed by atoms with Gasteiger partial charge in [-0.2, -0.15) is 0 Å². The van der Waals surface area contributed by atoms with Crippen LogP contribution in [0.15, 0.2) is 18.2 Å². The minimum atomic E-state index is -0.640. The monoisotopic (exact) mass is 377 g/mol. The van der Waals surface area contributed by atoms with Crippen molar-refractivity contribution < 1.29 is 9.59 Å². The van der Waals surface area contributed by atoms with Gasteiger partial charge in [0.2, 0.25) is 0 Å². The number of anilines is 1. The van der Waals surface area contributed by atoms with Crippen molar-refractivity contribution in [2.24, 2.45) is 5.92 Å². The molecule has 2 aliphatic rings. The molecule has 1 aliphatic carbocycles. The summed E-state index contributed by atoms with van der Waals surface area (Å²) in [5, 5.41) is 5.96. The molecule has 1 aromatic rings. The summed E-state index contributed by atoms with van der Waals surface area (Å²) in [4.78, 5) is 26.8. The Morgan fingerprint density at radius 2 is 1.81 bits per heavy atom. The molecule has 2 amide bonds. The summed E-state index contributed by atoms with van der Waals surface area (Å²) in [6.07, 6.45) is 7.58. The standard InChI is InChI=1S/C20H28ClN3O2/c1-14-6-7-16(21)12-18(14)23-20(26)19(25)22-13-15-8-10-24(11-9-15)17-4-2-3-5-17/h6-7,12,15,17H,2-5,8-11,13H2,1H3,(H,22,25)(H,23,26). The van der Waals surface area contributed by atoms with Crippen LogP contribution >= 0.6 is 11.6 Å².